The molecule has 8 nitrogen and oxygen atoms in total. The Kier molecular flexibility index (Phi) is 4.60. The van der Waals surface area contributed by atoms with E-state index in [0.717, 1.165) is 42.4 Å². The Morgan fingerprint density at radius 1 is 1.18 bits per heavy atom. The number of piperidine rings is 1. The van der Waals surface area contributed by atoms with Crippen molar-refractivity contribution in [2.24, 2.45) is 11.8 Å². The highest BCUT2D eigenvalue weighted by Gasteiger charge is 2.45. The minimum Gasteiger partial charge on any atom is -0.338 e. The van der Waals surface area contributed by atoms with Crippen LogP contribution in [0.15, 0.2) is 24.3 Å². The normalized spacial score (nSPS) is 27.5. The van der Waals surface area contributed by atoms with Crippen molar-refractivity contribution >= 4 is 5.91 Å². The van der Waals surface area contributed by atoms with Crippen LogP contribution in [0.2, 0.25) is 0 Å². The van der Waals surface area contributed by atoms with Crippen molar-refractivity contribution in [2.75, 3.05) is 13.1 Å². The summed E-state index contributed by atoms with van der Waals surface area (Å²) < 4.78 is 1.75. The molecule has 2 N–H and O–H groups in total. The fraction of sp³-hybridized carbons (Fsp3) is 0.600. The number of aromatic nitrogens is 4. The van der Waals surface area contributed by atoms with Gasteiger partial charge >= 0.3 is 0 Å². The molecule has 28 heavy (non-hydrogen) atoms. The second kappa shape index (κ2) is 7.25. The average Bonchev–Trinajstić information content (AvgIpc) is 3.27. The van der Waals surface area contributed by atoms with Crippen molar-refractivity contribution in [2.45, 2.75) is 51.2 Å². The minimum absolute atomic E-state index is 0.142. The molecule has 8 heteroatoms. The molecule has 148 valence electrons. The molecule has 0 spiro atoms. The van der Waals surface area contributed by atoms with Gasteiger partial charge in [0.2, 0.25) is 0 Å². The number of hydrogen-bond acceptors (Lipinski definition) is 6. The van der Waals surface area contributed by atoms with E-state index in [0.29, 0.717) is 24.5 Å². The first-order valence-electron chi connectivity index (χ1n) is 10.3. The van der Waals surface area contributed by atoms with Crippen molar-refractivity contribution in [3.8, 4) is 0 Å². The largest absolute Gasteiger partial charge is 0.338 e. The predicted octanol–water partition coefficient (Wildman–Crippen LogP) is 1.14. The summed E-state index contributed by atoms with van der Waals surface area (Å²) >= 11 is 0. The van der Waals surface area contributed by atoms with Crippen LogP contribution >= 0.6 is 0 Å². The highest BCUT2D eigenvalue weighted by Crippen LogP contribution is 2.37. The van der Waals surface area contributed by atoms with Crippen LogP contribution in [0.25, 0.3) is 0 Å². The summed E-state index contributed by atoms with van der Waals surface area (Å²) in [7, 11) is 0. The van der Waals surface area contributed by atoms with Gasteiger partial charge in [-0.25, -0.2) is 4.68 Å². The van der Waals surface area contributed by atoms with Crippen LogP contribution in [0, 0.1) is 18.8 Å². The Bertz CT molecular complexity index is 844. The number of benzene rings is 1. The van der Waals surface area contributed by atoms with E-state index < -0.39 is 0 Å². The van der Waals surface area contributed by atoms with Gasteiger partial charge in [-0.3, -0.25) is 15.6 Å². The van der Waals surface area contributed by atoms with Crippen LogP contribution in [0.4, 0.5) is 0 Å². The molecule has 0 radical (unpaired) electrons. The molecule has 1 aliphatic carbocycles. The van der Waals surface area contributed by atoms with Crippen LogP contribution in [-0.2, 0) is 6.54 Å². The van der Waals surface area contributed by atoms with Crippen LogP contribution in [-0.4, -0.2) is 56.2 Å². The van der Waals surface area contributed by atoms with Gasteiger partial charge in [-0.2, -0.15) is 0 Å². The smallest absolute Gasteiger partial charge is 0.253 e. The fourth-order valence-corrected chi connectivity index (χ4v) is 4.79. The molecular weight excluding hydrogens is 354 g/mol. The monoisotopic (exact) mass is 381 g/mol. The molecule has 2 saturated heterocycles. The van der Waals surface area contributed by atoms with Gasteiger partial charge in [0.15, 0.2) is 0 Å². The second-order valence-corrected chi connectivity index (χ2v) is 8.40. The number of aryl methyl sites for hydroxylation is 1. The Balaban J connectivity index is 1.25. The van der Waals surface area contributed by atoms with Gasteiger partial charge in [0.25, 0.3) is 5.91 Å². The van der Waals surface area contributed by atoms with E-state index in [2.05, 4.69) is 26.4 Å². The van der Waals surface area contributed by atoms with Gasteiger partial charge < -0.3 is 4.90 Å². The molecule has 3 atom stereocenters. The van der Waals surface area contributed by atoms with Crippen molar-refractivity contribution in [3.05, 3.63) is 41.2 Å². The Morgan fingerprint density at radius 3 is 2.68 bits per heavy atom. The Labute approximate surface area is 164 Å². The summed E-state index contributed by atoms with van der Waals surface area (Å²) in [6, 6.07) is 8.86. The minimum atomic E-state index is 0.142. The molecule has 3 fully saturated rings. The molecule has 1 amide bonds. The number of nitrogens with one attached hydrogen (secondary N) is 2. The van der Waals surface area contributed by atoms with Crippen molar-refractivity contribution in [1.29, 1.82) is 0 Å². The van der Waals surface area contributed by atoms with Gasteiger partial charge in [-0.05, 0) is 60.2 Å². The van der Waals surface area contributed by atoms with Gasteiger partial charge in [0, 0.05) is 36.7 Å². The molecule has 1 aromatic carbocycles. The molecule has 2 aromatic rings. The Hall–Kier alpha value is -2.32. The molecule has 3 unspecified atom stereocenters. The number of rotatable bonds is 4. The number of likely N-dealkylation sites (tertiary alicyclic amines) is 1. The first kappa shape index (κ1) is 17.8. The number of carbonyl (C=O) groups is 1. The highest BCUT2D eigenvalue weighted by molar-refractivity contribution is 5.94. The second-order valence-electron chi connectivity index (χ2n) is 8.40. The summed E-state index contributed by atoms with van der Waals surface area (Å²) in [5.41, 5.74) is 8.85. The lowest BCUT2D eigenvalue weighted by Crippen LogP contribution is -2.50. The molecule has 1 aromatic heterocycles. The van der Waals surface area contributed by atoms with Gasteiger partial charge in [-0.1, -0.05) is 18.6 Å². The lowest BCUT2D eigenvalue weighted by molar-refractivity contribution is 0.0620. The lowest BCUT2D eigenvalue weighted by Gasteiger charge is -2.40. The van der Waals surface area contributed by atoms with E-state index in [9.17, 15) is 4.79 Å². The zero-order valence-electron chi connectivity index (χ0n) is 16.2. The molecule has 0 bridgehead atoms. The Morgan fingerprint density at radius 2 is 2.00 bits per heavy atom. The van der Waals surface area contributed by atoms with E-state index in [1.54, 1.807) is 4.68 Å². The molecule has 1 saturated carbocycles. The zero-order valence-corrected chi connectivity index (χ0v) is 16.2. The molecule has 5 rings (SSSR count). The number of hydrogen-bond donors (Lipinski definition) is 2. The molecular formula is C20H27N7O. The van der Waals surface area contributed by atoms with E-state index in [-0.39, 0.29) is 5.91 Å². The van der Waals surface area contributed by atoms with E-state index in [4.69, 9.17) is 0 Å². The maximum atomic E-state index is 13.1. The highest BCUT2D eigenvalue weighted by atomic mass is 16.2. The van der Waals surface area contributed by atoms with Crippen LogP contribution < -0.4 is 10.9 Å². The molecule has 2 aliphatic heterocycles. The molecule has 3 heterocycles. The number of tetrazole rings is 1. The van der Waals surface area contributed by atoms with E-state index >= 15 is 0 Å². The number of amides is 1. The molecule has 3 aliphatic rings. The number of fused-ring (bicyclic) bond motifs is 1. The predicted molar refractivity (Wildman–Crippen MR) is 103 cm³/mol. The fourth-order valence-electron chi connectivity index (χ4n) is 4.79. The quantitative estimate of drug-likeness (QED) is 0.826. The topological polar surface area (TPSA) is 88.0 Å². The third-order valence-corrected chi connectivity index (χ3v) is 6.74. The number of nitrogens with zero attached hydrogens (tertiary/aromatic N) is 5. The van der Waals surface area contributed by atoms with Crippen molar-refractivity contribution in [1.82, 2.24) is 36.0 Å². The lowest BCUT2D eigenvalue weighted by atomic mass is 9.73. The average molecular weight is 381 g/mol. The van der Waals surface area contributed by atoms with Crippen LogP contribution in [0.5, 0.6) is 0 Å². The van der Waals surface area contributed by atoms with Crippen LogP contribution in [0.1, 0.15) is 47.4 Å². The summed E-state index contributed by atoms with van der Waals surface area (Å²) in [6.45, 7) is 4.15. The number of hydrazine groups is 1. The van der Waals surface area contributed by atoms with Gasteiger partial charge in [0.05, 0.1) is 6.54 Å². The van der Waals surface area contributed by atoms with Crippen molar-refractivity contribution < 1.29 is 4.79 Å². The zero-order chi connectivity index (χ0) is 19.1. The summed E-state index contributed by atoms with van der Waals surface area (Å²) in [5, 5.41) is 11.6. The SMILES string of the molecule is Cc1nnnn1Cc1ccc(C(=O)N2CCC3NNC(C4CCC4)C3C2)cc1. The number of carbonyl (C=O) groups excluding carboxylic acids is 1. The maximum absolute atomic E-state index is 13.1. The third-order valence-electron chi connectivity index (χ3n) is 6.74. The first-order valence-corrected chi connectivity index (χ1v) is 10.3. The standard InChI is InChI=1S/C20H27N7O/c1-13-21-24-25-27(13)11-14-5-7-16(8-6-14)20(28)26-10-9-18-17(12-26)19(23-22-18)15-3-2-4-15/h5-8,15,17-19,22-23H,2-4,9-12H2,1H3. The van der Waals surface area contributed by atoms with Crippen LogP contribution in [0.3, 0.4) is 0 Å². The van der Waals surface area contributed by atoms with E-state index in [1.165, 1.54) is 19.3 Å². The van der Waals surface area contributed by atoms with Crippen molar-refractivity contribution in [3.63, 3.8) is 0 Å². The van der Waals surface area contributed by atoms with E-state index in [1.807, 2.05) is 36.1 Å². The van der Waals surface area contributed by atoms with Gasteiger partial charge in [-0.15, -0.1) is 5.10 Å². The summed E-state index contributed by atoms with van der Waals surface area (Å²) in [4.78, 5) is 15.1. The summed E-state index contributed by atoms with van der Waals surface area (Å²) in [6.07, 6.45) is 5.00. The van der Waals surface area contributed by atoms with Gasteiger partial charge in [0.1, 0.15) is 5.82 Å². The third kappa shape index (κ3) is 3.20. The maximum Gasteiger partial charge on any atom is 0.253 e. The first-order chi connectivity index (χ1) is 13.7. The summed E-state index contributed by atoms with van der Waals surface area (Å²) in [5.74, 6) is 2.21.